The van der Waals surface area contributed by atoms with Gasteiger partial charge in [0.25, 0.3) is 5.89 Å². The molecule has 0 saturated heterocycles. The van der Waals surface area contributed by atoms with Crippen LogP contribution in [0.4, 0.5) is 14.5 Å². The van der Waals surface area contributed by atoms with Crippen molar-refractivity contribution in [1.82, 2.24) is 10.1 Å². The molecule has 3 aromatic rings. The highest BCUT2D eigenvalue weighted by Gasteiger charge is 2.15. The molecule has 3 rings (SSSR count). The zero-order valence-corrected chi connectivity index (χ0v) is 10.2. The second kappa shape index (κ2) is 4.73. The van der Waals surface area contributed by atoms with Gasteiger partial charge in [0.1, 0.15) is 11.6 Å². The highest BCUT2D eigenvalue weighted by Crippen LogP contribution is 2.25. The summed E-state index contributed by atoms with van der Waals surface area (Å²) in [4.78, 5) is 4.05. The van der Waals surface area contributed by atoms with Crippen molar-refractivity contribution in [3.8, 4) is 22.8 Å². The Hall–Kier alpha value is -2.76. The molecule has 6 heteroatoms. The van der Waals surface area contributed by atoms with Crippen molar-refractivity contribution in [3.05, 3.63) is 54.1 Å². The molecule has 0 aliphatic rings. The summed E-state index contributed by atoms with van der Waals surface area (Å²) in [5.41, 5.74) is 6.77. The van der Waals surface area contributed by atoms with Gasteiger partial charge in [-0.15, -0.1) is 0 Å². The van der Waals surface area contributed by atoms with E-state index in [0.717, 1.165) is 18.2 Å². The molecule has 20 heavy (non-hydrogen) atoms. The molecule has 0 fully saturated rings. The monoisotopic (exact) mass is 273 g/mol. The molecule has 4 nitrogen and oxygen atoms in total. The van der Waals surface area contributed by atoms with Crippen molar-refractivity contribution in [1.29, 1.82) is 0 Å². The lowest BCUT2D eigenvalue weighted by Crippen LogP contribution is -1.88. The summed E-state index contributed by atoms with van der Waals surface area (Å²) >= 11 is 0. The van der Waals surface area contributed by atoms with E-state index in [1.54, 1.807) is 24.3 Å². The van der Waals surface area contributed by atoms with Gasteiger partial charge in [-0.3, -0.25) is 0 Å². The summed E-state index contributed by atoms with van der Waals surface area (Å²) in [5.74, 6) is -1.03. The normalized spacial score (nSPS) is 10.7. The lowest BCUT2D eigenvalue weighted by atomic mass is 10.2. The van der Waals surface area contributed by atoms with Gasteiger partial charge < -0.3 is 10.3 Å². The largest absolute Gasteiger partial charge is 0.399 e. The van der Waals surface area contributed by atoms with E-state index in [9.17, 15) is 8.78 Å². The maximum atomic E-state index is 13.6. The highest BCUT2D eigenvalue weighted by atomic mass is 19.1. The van der Waals surface area contributed by atoms with Crippen LogP contribution in [-0.4, -0.2) is 10.1 Å². The van der Waals surface area contributed by atoms with Gasteiger partial charge in [-0.1, -0.05) is 17.3 Å². The van der Waals surface area contributed by atoms with Crippen LogP contribution in [0.15, 0.2) is 47.0 Å². The number of hydrogen-bond acceptors (Lipinski definition) is 4. The number of benzene rings is 2. The van der Waals surface area contributed by atoms with E-state index >= 15 is 0 Å². The molecule has 0 radical (unpaired) electrons. The highest BCUT2D eigenvalue weighted by molar-refractivity contribution is 5.63. The molecule has 100 valence electrons. The maximum absolute atomic E-state index is 13.6. The predicted molar refractivity (Wildman–Crippen MR) is 69.5 cm³/mol. The smallest absolute Gasteiger partial charge is 0.261 e. The van der Waals surface area contributed by atoms with E-state index in [2.05, 4.69) is 10.1 Å². The summed E-state index contributed by atoms with van der Waals surface area (Å²) in [6, 6.07) is 9.90. The molecule has 0 bridgehead atoms. The Morgan fingerprint density at radius 3 is 2.70 bits per heavy atom. The Kier molecular flexibility index (Phi) is 2.90. The molecular formula is C14H9F2N3O. The van der Waals surface area contributed by atoms with Crippen molar-refractivity contribution in [2.45, 2.75) is 0 Å². The number of anilines is 1. The molecule has 2 N–H and O–H groups in total. The van der Waals surface area contributed by atoms with E-state index in [4.69, 9.17) is 10.3 Å². The van der Waals surface area contributed by atoms with Crippen LogP contribution in [0, 0.1) is 11.6 Å². The quantitative estimate of drug-likeness (QED) is 0.728. The van der Waals surface area contributed by atoms with E-state index in [1.807, 2.05) is 0 Å². The molecule has 1 heterocycles. The number of nitrogens with zero attached hydrogens (tertiary/aromatic N) is 2. The Labute approximate surface area is 112 Å². The average molecular weight is 273 g/mol. The first-order chi connectivity index (χ1) is 9.63. The Bertz CT molecular complexity index is 771. The minimum absolute atomic E-state index is 0.0762. The predicted octanol–water partition coefficient (Wildman–Crippen LogP) is 3.26. The van der Waals surface area contributed by atoms with Crippen molar-refractivity contribution in [2.75, 3.05) is 5.73 Å². The van der Waals surface area contributed by atoms with Gasteiger partial charge in [0.05, 0.1) is 5.56 Å². The second-order valence-electron chi connectivity index (χ2n) is 4.17. The van der Waals surface area contributed by atoms with Crippen LogP contribution >= 0.6 is 0 Å². The van der Waals surface area contributed by atoms with Crippen molar-refractivity contribution < 1.29 is 13.3 Å². The summed E-state index contributed by atoms with van der Waals surface area (Å²) in [6.45, 7) is 0. The molecule has 0 saturated carbocycles. The van der Waals surface area contributed by atoms with Crippen molar-refractivity contribution in [2.24, 2.45) is 0 Å². The van der Waals surface area contributed by atoms with Crippen LogP contribution in [0.1, 0.15) is 0 Å². The summed E-state index contributed by atoms with van der Waals surface area (Å²) < 4.78 is 31.7. The molecular weight excluding hydrogens is 264 g/mol. The molecule has 0 aliphatic carbocycles. The lowest BCUT2D eigenvalue weighted by Gasteiger charge is -1.97. The van der Waals surface area contributed by atoms with Gasteiger partial charge in [-0.2, -0.15) is 4.98 Å². The van der Waals surface area contributed by atoms with Gasteiger partial charge in [-0.05, 0) is 30.3 Å². The van der Waals surface area contributed by atoms with Crippen LogP contribution in [-0.2, 0) is 0 Å². The zero-order chi connectivity index (χ0) is 14.1. The van der Waals surface area contributed by atoms with Crippen LogP contribution in [0.25, 0.3) is 22.8 Å². The third-order valence-electron chi connectivity index (χ3n) is 2.73. The van der Waals surface area contributed by atoms with E-state index in [-0.39, 0.29) is 17.3 Å². The Morgan fingerprint density at radius 2 is 1.90 bits per heavy atom. The molecule has 0 unspecified atom stereocenters. The number of nitrogens with two attached hydrogens (primary N) is 1. The molecule has 0 atom stereocenters. The van der Waals surface area contributed by atoms with Crippen LogP contribution in [0.3, 0.4) is 0 Å². The van der Waals surface area contributed by atoms with Gasteiger partial charge in [0.2, 0.25) is 5.82 Å². The van der Waals surface area contributed by atoms with Crippen LogP contribution < -0.4 is 5.73 Å². The molecule has 0 aliphatic heterocycles. The molecule has 0 amide bonds. The topological polar surface area (TPSA) is 64.9 Å². The summed E-state index contributed by atoms with van der Waals surface area (Å²) in [6.07, 6.45) is 0. The van der Waals surface area contributed by atoms with Gasteiger partial charge in [-0.25, -0.2) is 8.78 Å². The number of halogens is 2. The number of aromatic nitrogens is 2. The molecule has 1 aromatic heterocycles. The standard InChI is InChI=1S/C14H9F2N3O/c15-9-4-5-12(16)11(7-9)14-18-13(19-20-14)8-2-1-3-10(17)6-8/h1-7H,17H2. The van der Waals surface area contributed by atoms with Crippen molar-refractivity contribution >= 4 is 5.69 Å². The van der Waals surface area contributed by atoms with Gasteiger partial charge in [0.15, 0.2) is 0 Å². The van der Waals surface area contributed by atoms with E-state index in [0.29, 0.717) is 11.3 Å². The zero-order valence-electron chi connectivity index (χ0n) is 10.2. The minimum Gasteiger partial charge on any atom is -0.399 e. The third-order valence-corrected chi connectivity index (χ3v) is 2.73. The fourth-order valence-corrected chi connectivity index (χ4v) is 1.79. The average Bonchev–Trinajstić information content (AvgIpc) is 2.91. The first kappa shape index (κ1) is 12.3. The Balaban J connectivity index is 2.04. The Morgan fingerprint density at radius 1 is 1.05 bits per heavy atom. The first-order valence-corrected chi connectivity index (χ1v) is 5.78. The third kappa shape index (κ3) is 2.23. The molecule has 2 aromatic carbocycles. The van der Waals surface area contributed by atoms with Crippen LogP contribution in [0.5, 0.6) is 0 Å². The minimum atomic E-state index is -0.630. The number of nitrogen functional groups attached to an aromatic ring is 1. The first-order valence-electron chi connectivity index (χ1n) is 5.78. The van der Waals surface area contributed by atoms with Crippen LogP contribution in [0.2, 0.25) is 0 Å². The van der Waals surface area contributed by atoms with E-state index in [1.165, 1.54) is 0 Å². The summed E-state index contributed by atoms with van der Waals surface area (Å²) in [5, 5.41) is 3.74. The summed E-state index contributed by atoms with van der Waals surface area (Å²) in [7, 11) is 0. The second-order valence-corrected chi connectivity index (χ2v) is 4.17. The van der Waals surface area contributed by atoms with E-state index < -0.39 is 11.6 Å². The van der Waals surface area contributed by atoms with Crippen molar-refractivity contribution in [3.63, 3.8) is 0 Å². The van der Waals surface area contributed by atoms with Gasteiger partial charge in [0, 0.05) is 11.3 Å². The SMILES string of the molecule is Nc1cccc(-c2noc(-c3cc(F)ccc3F)n2)c1. The number of hydrogen-bond donors (Lipinski definition) is 1. The maximum Gasteiger partial charge on any atom is 0.261 e. The fraction of sp³-hybridized carbons (Fsp3) is 0. The lowest BCUT2D eigenvalue weighted by molar-refractivity contribution is 0.429. The fourth-order valence-electron chi connectivity index (χ4n) is 1.79. The number of rotatable bonds is 2. The van der Waals surface area contributed by atoms with Gasteiger partial charge >= 0.3 is 0 Å². The molecule has 0 spiro atoms.